The first-order chi connectivity index (χ1) is 19.7. The van der Waals surface area contributed by atoms with Crippen LogP contribution in [-0.4, -0.2) is 77.2 Å². The summed E-state index contributed by atoms with van der Waals surface area (Å²) >= 11 is 0. The summed E-state index contributed by atoms with van der Waals surface area (Å²) in [6, 6.07) is 2.64. The van der Waals surface area contributed by atoms with Crippen molar-refractivity contribution in [2.75, 3.05) is 50.7 Å². The number of ether oxygens (including phenoxy) is 2. The second-order valence-corrected chi connectivity index (χ2v) is 9.87. The van der Waals surface area contributed by atoms with Crippen molar-refractivity contribution in [3.05, 3.63) is 58.1 Å². The standard InChI is InChI=1S/C28H26F2N6O5/c1-31-19-7-18(29)22(30)20-21-24(36-4-5-41-14(10-36)12-40-3)16(9-32-26(21)34-23(19)20)13-6-15-25(37)17(28(38)39)11-35(2)27(15)33-8-13/h6-9,11,14,31H,4-5,10,12H2,1-3H3,(H,32,34)(H,38,39). The minimum atomic E-state index is -1.35. The number of aryl methyl sites for hydroxylation is 1. The van der Waals surface area contributed by atoms with E-state index in [4.69, 9.17) is 9.47 Å². The summed E-state index contributed by atoms with van der Waals surface area (Å²) in [4.78, 5) is 39.0. The maximum Gasteiger partial charge on any atom is 0.341 e. The highest BCUT2D eigenvalue weighted by Gasteiger charge is 2.29. The Morgan fingerprint density at radius 3 is 2.80 bits per heavy atom. The molecule has 0 radical (unpaired) electrons. The molecular formula is C28H26F2N6O5. The van der Waals surface area contributed by atoms with Crippen molar-refractivity contribution < 1.29 is 28.2 Å². The van der Waals surface area contributed by atoms with Gasteiger partial charge in [0.05, 0.1) is 52.4 Å². The molecule has 5 heterocycles. The molecule has 1 unspecified atom stereocenters. The maximum atomic E-state index is 15.6. The molecule has 3 N–H and O–H groups in total. The minimum Gasteiger partial charge on any atom is -0.477 e. The number of nitrogens with zero attached hydrogens (tertiary/aromatic N) is 4. The number of aromatic amines is 1. The lowest BCUT2D eigenvalue weighted by Crippen LogP contribution is -2.44. The van der Waals surface area contributed by atoms with Gasteiger partial charge in [-0.2, -0.15) is 0 Å². The van der Waals surface area contributed by atoms with Gasteiger partial charge in [0.15, 0.2) is 11.6 Å². The van der Waals surface area contributed by atoms with E-state index in [1.165, 1.54) is 10.8 Å². The quantitative estimate of drug-likeness (QED) is 0.283. The number of carbonyl (C=O) groups is 1. The number of hydrogen-bond acceptors (Lipinski definition) is 8. The maximum absolute atomic E-state index is 15.6. The molecule has 0 aliphatic carbocycles. The lowest BCUT2D eigenvalue weighted by molar-refractivity contribution is -0.00993. The summed E-state index contributed by atoms with van der Waals surface area (Å²) in [5.41, 5.74) is 1.78. The van der Waals surface area contributed by atoms with Crippen LogP contribution in [0.15, 0.2) is 35.5 Å². The summed E-state index contributed by atoms with van der Waals surface area (Å²) in [7, 11) is 4.79. The molecule has 5 aromatic rings. The number of aromatic carboxylic acids is 1. The van der Waals surface area contributed by atoms with Gasteiger partial charge in [-0.05, 0) is 6.07 Å². The molecule has 1 fully saturated rings. The van der Waals surface area contributed by atoms with E-state index in [9.17, 15) is 19.1 Å². The van der Waals surface area contributed by atoms with Crippen LogP contribution in [0.5, 0.6) is 0 Å². The molecule has 6 rings (SSSR count). The number of halogens is 2. The Kier molecular flexibility index (Phi) is 6.54. The van der Waals surface area contributed by atoms with Gasteiger partial charge in [-0.25, -0.2) is 23.5 Å². The second-order valence-electron chi connectivity index (χ2n) is 9.87. The average molecular weight is 565 g/mol. The van der Waals surface area contributed by atoms with Crippen molar-refractivity contribution >= 4 is 50.3 Å². The highest BCUT2D eigenvalue weighted by Crippen LogP contribution is 2.43. The Morgan fingerprint density at radius 2 is 2.07 bits per heavy atom. The van der Waals surface area contributed by atoms with Crippen molar-refractivity contribution in [3.63, 3.8) is 0 Å². The first kappa shape index (κ1) is 26.6. The van der Waals surface area contributed by atoms with Gasteiger partial charge < -0.3 is 34.3 Å². The Morgan fingerprint density at radius 1 is 1.27 bits per heavy atom. The topological polar surface area (TPSA) is 135 Å². The highest BCUT2D eigenvalue weighted by molar-refractivity contribution is 6.18. The van der Waals surface area contributed by atoms with Crippen LogP contribution >= 0.6 is 0 Å². The van der Waals surface area contributed by atoms with E-state index in [2.05, 4.69) is 20.3 Å². The number of H-pyrrole nitrogens is 1. The number of rotatable bonds is 6. The zero-order valence-electron chi connectivity index (χ0n) is 22.4. The molecule has 212 valence electrons. The summed E-state index contributed by atoms with van der Waals surface area (Å²) in [6.07, 6.45) is 4.07. The van der Waals surface area contributed by atoms with Crippen molar-refractivity contribution in [2.45, 2.75) is 6.10 Å². The lowest BCUT2D eigenvalue weighted by atomic mass is 10.0. The van der Waals surface area contributed by atoms with Crippen LogP contribution in [0.25, 0.3) is 44.1 Å². The molecule has 0 saturated carbocycles. The monoisotopic (exact) mass is 564 g/mol. The number of aromatic nitrogens is 4. The molecule has 11 nitrogen and oxygen atoms in total. The number of morpholine rings is 1. The number of hydrogen-bond donors (Lipinski definition) is 3. The highest BCUT2D eigenvalue weighted by atomic mass is 19.2. The number of benzene rings is 1. The van der Waals surface area contributed by atoms with Gasteiger partial charge in [-0.3, -0.25) is 4.79 Å². The van der Waals surface area contributed by atoms with Gasteiger partial charge in [0.2, 0.25) is 5.43 Å². The van der Waals surface area contributed by atoms with Crippen LogP contribution in [0.3, 0.4) is 0 Å². The third-order valence-corrected chi connectivity index (χ3v) is 7.40. The smallest absolute Gasteiger partial charge is 0.341 e. The number of anilines is 2. The van der Waals surface area contributed by atoms with Crippen LogP contribution in [-0.2, 0) is 16.5 Å². The van der Waals surface area contributed by atoms with Crippen LogP contribution in [0, 0.1) is 11.6 Å². The van der Waals surface area contributed by atoms with Crippen LogP contribution < -0.4 is 15.6 Å². The number of nitrogens with one attached hydrogen (secondary N) is 2. The van der Waals surface area contributed by atoms with Gasteiger partial charge in [-0.15, -0.1) is 0 Å². The summed E-state index contributed by atoms with van der Waals surface area (Å²) < 4.78 is 43.0. The normalized spacial score (nSPS) is 15.7. The molecule has 1 saturated heterocycles. The second kappa shape index (κ2) is 10.1. The molecule has 1 aliphatic rings. The molecular weight excluding hydrogens is 538 g/mol. The number of fused-ring (bicyclic) bond motifs is 4. The Balaban J connectivity index is 1.69. The van der Waals surface area contributed by atoms with E-state index >= 15 is 4.39 Å². The summed E-state index contributed by atoms with van der Waals surface area (Å²) in [5.74, 6) is -3.39. The molecule has 4 aromatic heterocycles. The van der Waals surface area contributed by atoms with Gasteiger partial charge in [0.1, 0.15) is 16.9 Å². The molecule has 1 aromatic carbocycles. The fourth-order valence-electron chi connectivity index (χ4n) is 5.55. The summed E-state index contributed by atoms with van der Waals surface area (Å²) in [6.45, 7) is 1.50. The molecule has 0 spiro atoms. The molecule has 13 heteroatoms. The first-order valence-electron chi connectivity index (χ1n) is 12.8. The zero-order chi connectivity index (χ0) is 29.0. The van der Waals surface area contributed by atoms with Crippen molar-refractivity contribution in [1.29, 1.82) is 0 Å². The minimum absolute atomic E-state index is 0.0290. The first-order valence-corrected chi connectivity index (χ1v) is 12.8. The van der Waals surface area contributed by atoms with E-state index in [1.807, 2.05) is 4.90 Å². The van der Waals surface area contributed by atoms with Crippen LogP contribution in [0.1, 0.15) is 10.4 Å². The van der Waals surface area contributed by atoms with Gasteiger partial charge >= 0.3 is 5.97 Å². The van der Waals surface area contributed by atoms with Crippen LogP contribution in [0.4, 0.5) is 20.2 Å². The Labute approximate surface area is 231 Å². The number of methoxy groups -OCH3 is 1. The predicted molar refractivity (Wildman–Crippen MR) is 150 cm³/mol. The van der Waals surface area contributed by atoms with Crippen molar-refractivity contribution in [1.82, 2.24) is 19.5 Å². The fraction of sp³-hybridized carbons (Fsp3) is 0.286. The molecule has 0 bridgehead atoms. The zero-order valence-corrected chi connectivity index (χ0v) is 22.4. The van der Waals surface area contributed by atoms with Crippen molar-refractivity contribution in [2.24, 2.45) is 7.05 Å². The fourth-order valence-corrected chi connectivity index (χ4v) is 5.55. The van der Waals surface area contributed by atoms with Gasteiger partial charge in [0, 0.05) is 70.1 Å². The molecule has 0 amide bonds. The number of carboxylic acids is 1. The SMILES string of the molecule is CNc1cc(F)c(F)c2c1[nH]c1ncc(-c3cnc4c(c3)c(=O)c(C(=O)O)cn4C)c(N3CCOC(COC)C3)c12. The Hall–Kier alpha value is -4.62. The van der Waals surface area contributed by atoms with Crippen LogP contribution in [0.2, 0.25) is 0 Å². The third-order valence-electron chi connectivity index (χ3n) is 7.40. The van der Waals surface area contributed by atoms with E-state index in [0.717, 1.165) is 6.07 Å². The lowest BCUT2D eigenvalue weighted by Gasteiger charge is -2.35. The van der Waals surface area contributed by atoms with E-state index in [1.54, 1.807) is 39.7 Å². The predicted octanol–water partition coefficient (Wildman–Crippen LogP) is 3.50. The van der Waals surface area contributed by atoms with E-state index in [-0.39, 0.29) is 16.9 Å². The Bertz CT molecular complexity index is 1920. The molecule has 1 atom stereocenters. The van der Waals surface area contributed by atoms with Crippen molar-refractivity contribution in [3.8, 4) is 11.1 Å². The van der Waals surface area contributed by atoms with E-state index < -0.39 is 28.6 Å². The number of pyridine rings is 3. The largest absolute Gasteiger partial charge is 0.477 e. The number of carboxylic acid groups (broad SMARTS) is 1. The molecule has 41 heavy (non-hydrogen) atoms. The van der Waals surface area contributed by atoms with Gasteiger partial charge in [-0.1, -0.05) is 0 Å². The van der Waals surface area contributed by atoms with Gasteiger partial charge in [0.25, 0.3) is 0 Å². The van der Waals surface area contributed by atoms with E-state index in [0.29, 0.717) is 71.0 Å². The summed E-state index contributed by atoms with van der Waals surface area (Å²) in [5, 5.41) is 12.9. The molecule has 1 aliphatic heterocycles. The average Bonchev–Trinajstić information content (AvgIpc) is 3.36. The third kappa shape index (κ3) is 4.24.